The molecule has 0 amide bonds. The summed E-state index contributed by atoms with van der Waals surface area (Å²) >= 11 is 0. The Morgan fingerprint density at radius 3 is 2.57 bits per heavy atom. The van der Waals surface area contributed by atoms with Gasteiger partial charge < -0.3 is 15.6 Å². The first kappa shape index (κ1) is 15.5. The van der Waals surface area contributed by atoms with E-state index < -0.39 is 0 Å². The second kappa shape index (κ2) is 7.24. The molecule has 2 aromatic rings. The number of ether oxygens (including phenoxy) is 1. The SMILES string of the molecule is CCC(N)C(Oc1ccc(CCO)cc1)c1cnn(C)c1. The van der Waals surface area contributed by atoms with Crippen LogP contribution in [0.2, 0.25) is 0 Å². The Bertz CT molecular complexity index is 551. The summed E-state index contributed by atoms with van der Waals surface area (Å²) in [6.45, 7) is 2.20. The lowest BCUT2D eigenvalue weighted by atomic mass is 10.0. The Morgan fingerprint density at radius 2 is 2.05 bits per heavy atom. The van der Waals surface area contributed by atoms with E-state index >= 15 is 0 Å². The summed E-state index contributed by atoms with van der Waals surface area (Å²) in [6.07, 6.45) is 4.98. The maximum Gasteiger partial charge on any atom is 0.142 e. The largest absolute Gasteiger partial charge is 0.484 e. The maximum absolute atomic E-state index is 8.93. The molecule has 5 heteroatoms. The second-order valence-electron chi connectivity index (χ2n) is 5.18. The van der Waals surface area contributed by atoms with Crippen LogP contribution in [0.25, 0.3) is 0 Å². The number of hydrogen-bond acceptors (Lipinski definition) is 4. The summed E-state index contributed by atoms with van der Waals surface area (Å²) in [5, 5.41) is 13.1. The quantitative estimate of drug-likeness (QED) is 0.815. The van der Waals surface area contributed by atoms with Gasteiger partial charge in [0.1, 0.15) is 11.9 Å². The average molecular weight is 289 g/mol. The molecule has 0 spiro atoms. The van der Waals surface area contributed by atoms with Crippen LogP contribution in [-0.2, 0) is 13.5 Å². The van der Waals surface area contributed by atoms with Gasteiger partial charge in [-0.15, -0.1) is 0 Å². The van der Waals surface area contributed by atoms with Crippen molar-refractivity contribution in [2.24, 2.45) is 12.8 Å². The molecular formula is C16H23N3O2. The molecule has 2 unspecified atom stereocenters. The molecule has 0 saturated heterocycles. The number of aryl methyl sites for hydroxylation is 1. The highest BCUT2D eigenvalue weighted by molar-refractivity contribution is 5.28. The van der Waals surface area contributed by atoms with Gasteiger partial charge in [-0.3, -0.25) is 4.68 Å². The smallest absolute Gasteiger partial charge is 0.142 e. The van der Waals surface area contributed by atoms with Crippen LogP contribution in [0.5, 0.6) is 5.75 Å². The van der Waals surface area contributed by atoms with Crippen LogP contribution in [-0.4, -0.2) is 27.5 Å². The highest BCUT2D eigenvalue weighted by Gasteiger charge is 2.22. The number of aromatic nitrogens is 2. The predicted octanol–water partition coefficient (Wildman–Crippen LogP) is 1.81. The Kier molecular flexibility index (Phi) is 5.36. The summed E-state index contributed by atoms with van der Waals surface area (Å²) in [6, 6.07) is 7.66. The number of nitrogens with two attached hydrogens (primary N) is 1. The Morgan fingerprint density at radius 1 is 1.33 bits per heavy atom. The number of benzene rings is 1. The van der Waals surface area contributed by atoms with Crippen molar-refractivity contribution in [3.8, 4) is 5.75 Å². The molecular weight excluding hydrogens is 266 g/mol. The van der Waals surface area contributed by atoms with Gasteiger partial charge in [-0.2, -0.15) is 5.10 Å². The molecule has 2 atom stereocenters. The predicted molar refractivity (Wildman–Crippen MR) is 82.1 cm³/mol. The van der Waals surface area contributed by atoms with Crippen molar-refractivity contribution in [1.29, 1.82) is 0 Å². The van der Waals surface area contributed by atoms with E-state index in [1.54, 1.807) is 10.9 Å². The minimum absolute atomic E-state index is 0.0914. The number of hydrogen-bond donors (Lipinski definition) is 2. The molecule has 0 aliphatic carbocycles. The normalized spacial score (nSPS) is 13.9. The van der Waals surface area contributed by atoms with Crippen molar-refractivity contribution in [2.45, 2.75) is 31.9 Å². The van der Waals surface area contributed by atoms with E-state index in [4.69, 9.17) is 15.6 Å². The Balaban J connectivity index is 2.15. The highest BCUT2D eigenvalue weighted by Crippen LogP contribution is 2.25. The van der Waals surface area contributed by atoms with Crippen LogP contribution in [0.4, 0.5) is 0 Å². The van der Waals surface area contributed by atoms with Crippen LogP contribution < -0.4 is 10.5 Å². The fraction of sp³-hybridized carbons (Fsp3) is 0.438. The third-order valence-electron chi connectivity index (χ3n) is 3.50. The van der Waals surface area contributed by atoms with Gasteiger partial charge in [-0.25, -0.2) is 0 Å². The van der Waals surface area contributed by atoms with Crippen LogP contribution in [0.1, 0.15) is 30.6 Å². The van der Waals surface area contributed by atoms with Gasteiger partial charge in [0.15, 0.2) is 0 Å². The highest BCUT2D eigenvalue weighted by atomic mass is 16.5. The van der Waals surface area contributed by atoms with E-state index in [1.165, 1.54) is 0 Å². The molecule has 2 rings (SSSR count). The van der Waals surface area contributed by atoms with Gasteiger partial charge in [0.05, 0.1) is 6.20 Å². The number of aliphatic hydroxyl groups excluding tert-OH is 1. The van der Waals surface area contributed by atoms with Gasteiger partial charge in [0, 0.05) is 31.5 Å². The monoisotopic (exact) mass is 289 g/mol. The zero-order valence-electron chi connectivity index (χ0n) is 12.6. The van der Waals surface area contributed by atoms with Crippen LogP contribution in [0.3, 0.4) is 0 Å². The lowest BCUT2D eigenvalue weighted by molar-refractivity contribution is 0.171. The Labute approximate surface area is 125 Å². The molecule has 0 saturated carbocycles. The first-order valence-corrected chi connectivity index (χ1v) is 7.24. The maximum atomic E-state index is 8.93. The molecule has 114 valence electrons. The molecule has 3 N–H and O–H groups in total. The van der Waals surface area contributed by atoms with Gasteiger partial charge in [-0.05, 0) is 30.5 Å². The average Bonchev–Trinajstić information content (AvgIpc) is 2.92. The van der Waals surface area contributed by atoms with Crippen molar-refractivity contribution in [1.82, 2.24) is 9.78 Å². The van der Waals surface area contributed by atoms with Gasteiger partial charge >= 0.3 is 0 Å². The van der Waals surface area contributed by atoms with Crippen molar-refractivity contribution in [3.63, 3.8) is 0 Å². The van der Waals surface area contributed by atoms with E-state index in [2.05, 4.69) is 5.10 Å². The third kappa shape index (κ3) is 4.06. The first-order valence-electron chi connectivity index (χ1n) is 7.24. The minimum Gasteiger partial charge on any atom is -0.484 e. The summed E-state index contributed by atoms with van der Waals surface area (Å²) in [5.41, 5.74) is 8.25. The third-order valence-corrected chi connectivity index (χ3v) is 3.50. The topological polar surface area (TPSA) is 73.3 Å². The van der Waals surface area contributed by atoms with Gasteiger partial charge in [0.2, 0.25) is 0 Å². The van der Waals surface area contributed by atoms with Gasteiger partial charge in [-0.1, -0.05) is 19.1 Å². The molecule has 0 fully saturated rings. The minimum atomic E-state index is -0.215. The molecule has 21 heavy (non-hydrogen) atoms. The van der Waals surface area contributed by atoms with E-state index in [-0.39, 0.29) is 18.8 Å². The molecule has 5 nitrogen and oxygen atoms in total. The summed E-state index contributed by atoms with van der Waals surface area (Å²) < 4.78 is 7.81. The number of aliphatic hydroxyl groups is 1. The van der Waals surface area contributed by atoms with Crippen molar-refractivity contribution in [2.75, 3.05) is 6.61 Å². The fourth-order valence-corrected chi connectivity index (χ4v) is 2.21. The number of nitrogens with zero attached hydrogens (tertiary/aromatic N) is 2. The molecule has 0 bridgehead atoms. The molecule has 1 aromatic heterocycles. The molecule has 0 aliphatic rings. The van der Waals surface area contributed by atoms with Gasteiger partial charge in [0.25, 0.3) is 0 Å². The summed E-state index contributed by atoms with van der Waals surface area (Å²) in [7, 11) is 1.88. The van der Waals surface area contributed by atoms with Crippen molar-refractivity contribution < 1.29 is 9.84 Å². The Hall–Kier alpha value is -1.85. The summed E-state index contributed by atoms with van der Waals surface area (Å²) in [5.74, 6) is 0.773. The zero-order valence-corrected chi connectivity index (χ0v) is 12.6. The molecule has 0 radical (unpaired) electrons. The molecule has 0 aliphatic heterocycles. The molecule has 1 aromatic carbocycles. The van der Waals surface area contributed by atoms with E-state index in [9.17, 15) is 0 Å². The summed E-state index contributed by atoms with van der Waals surface area (Å²) in [4.78, 5) is 0. The lowest BCUT2D eigenvalue weighted by Gasteiger charge is -2.23. The first-order chi connectivity index (χ1) is 10.1. The standard InChI is InChI=1S/C16H23N3O2/c1-3-15(17)16(13-10-18-19(2)11-13)21-14-6-4-12(5-7-14)8-9-20/h4-7,10-11,15-16,20H,3,8-9,17H2,1-2H3. The van der Waals surface area contributed by atoms with Crippen LogP contribution in [0.15, 0.2) is 36.7 Å². The lowest BCUT2D eigenvalue weighted by Crippen LogP contribution is -2.31. The van der Waals surface area contributed by atoms with Crippen LogP contribution in [0, 0.1) is 0 Å². The molecule has 1 heterocycles. The second-order valence-corrected chi connectivity index (χ2v) is 5.18. The van der Waals surface area contributed by atoms with E-state index in [1.807, 2.05) is 44.4 Å². The van der Waals surface area contributed by atoms with Crippen molar-refractivity contribution in [3.05, 3.63) is 47.8 Å². The van der Waals surface area contributed by atoms with E-state index in [0.717, 1.165) is 23.3 Å². The fourth-order valence-electron chi connectivity index (χ4n) is 2.21. The van der Waals surface area contributed by atoms with Crippen molar-refractivity contribution >= 4 is 0 Å². The van der Waals surface area contributed by atoms with Crippen LogP contribution >= 0.6 is 0 Å². The number of rotatable bonds is 7. The zero-order chi connectivity index (χ0) is 15.2. The van der Waals surface area contributed by atoms with E-state index in [0.29, 0.717) is 6.42 Å².